The van der Waals surface area contributed by atoms with E-state index < -0.39 is 5.97 Å². The van der Waals surface area contributed by atoms with E-state index in [4.69, 9.17) is 28.7 Å². The largest absolute Gasteiger partial charge is 0.493 e. The lowest BCUT2D eigenvalue weighted by atomic mass is 9.97. The van der Waals surface area contributed by atoms with Gasteiger partial charge in [-0.1, -0.05) is 60.7 Å². The summed E-state index contributed by atoms with van der Waals surface area (Å²) < 4.78 is 31.7. The van der Waals surface area contributed by atoms with Gasteiger partial charge in [0.05, 0.1) is 49.6 Å². The average Bonchev–Trinajstić information content (AvgIpc) is 3.41. The van der Waals surface area contributed by atoms with E-state index in [1.807, 2.05) is 85.8 Å². The fraction of sp³-hybridized carbons (Fsp3) is 0.257. The minimum Gasteiger partial charge on any atom is -0.493 e. The molecule has 1 saturated heterocycles. The Hall–Kier alpha value is -4.82. The minimum atomic E-state index is -0.402. The summed E-state index contributed by atoms with van der Waals surface area (Å²) in [6.45, 7) is 5.86. The van der Waals surface area contributed by atoms with Gasteiger partial charge in [-0.05, 0) is 49.2 Å². The van der Waals surface area contributed by atoms with E-state index in [1.54, 1.807) is 13.2 Å². The number of imidazole rings is 1. The molecular weight excluding hydrogens is 544 g/mol. The molecule has 0 atom stereocenters. The van der Waals surface area contributed by atoms with Crippen LogP contribution in [0.15, 0.2) is 84.9 Å². The van der Waals surface area contributed by atoms with Crippen LogP contribution in [0.5, 0.6) is 17.2 Å². The molecule has 0 unspecified atom stereocenters. The molecule has 0 radical (unpaired) electrons. The van der Waals surface area contributed by atoms with Crippen LogP contribution < -0.4 is 14.2 Å². The summed E-state index contributed by atoms with van der Waals surface area (Å²) in [5, 5.41) is 0. The van der Waals surface area contributed by atoms with Gasteiger partial charge in [0.2, 0.25) is 5.75 Å². The fourth-order valence-corrected chi connectivity index (χ4v) is 5.44. The van der Waals surface area contributed by atoms with E-state index in [0.29, 0.717) is 49.2 Å². The number of hydrogen-bond acceptors (Lipinski definition) is 7. The van der Waals surface area contributed by atoms with E-state index >= 15 is 0 Å². The van der Waals surface area contributed by atoms with Crippen molar-refractivity contribution >= 4 is 17.0 Å². The molecule has 6 rings (SSSR count). The quantitative estimate of drug-likeness (QED) is 0.170. The number of carbonyl (C=O) groups excluding carboxylic acids is 1. The molecule has 0 aliphatic carbocycles. The van der Waals surface area contributed by atoms with Gasteiger partial charge in [0, 0.05) is 11.1 Å². The predicted molar refractivity (Wildman–Crippen MR) is 164 cm³/mol. The van der Waals surface area contributed by atoms with Crippen LogP contribution in [-0.4, -0.2) is 43.0 Å². The maximum absolute atomic E-state index is 12.4. The van der Waals surface area contributed by atoms with Crippen molar-refractivity contribution < 1.29 is 28.5 Å². The smallest absolute Gasteiger partial charge is 0.337 e. The van der Waals surface area contributed by atoms with Gasteiger partial charge < -0.3 is 28.3 Å². The van der Waals surface area contributed by atoms with Crippen LogP contribution in [0.25, 0.3) is 22.4 Å². The third-order valence-corrected chi connectivity index (χ3v) is 7.80. The Balaban J connectivity index is 1.52. The monoisotopic (exact) mass is 578 g/mol. The van der Waals surface area contributed by atoms with Crippen molar-refractivity contribution in [2.75, 3.05) is 27.4 Å². The molecular formula is C35H34N2O6. The number of benzene rings is 4. The number of methoxy groups -OCH3 is 2. The highest BCUT2D eigenvalue weighted by molar-refractivity contribution is 5.95. The molecule has 1 fully saturated rings. The highest BCUT2D eigenvalue weighted by atomic mass is 16.5. The van der Waals surface area contributed by atoms with Crippen LogP contribution in [-0.2, 0) is 28.2 Å². The molecule has 0 spiro atoms. The number of hydrogen-bond donors (Lipinski definition) is 0. The average molecular weight is 579 g/mol. The van der Waals surface area contributed by atoms with Gasteiger partial charge in [0.25, 0.3) is 0 Å². The number of rotatable bonds is 10. The van der Waals surface area contributed by atoms with Gasteiger partial charge in [-0.25, -0.2) is 9.78 Å². The Bertz CT molecular complexity index is 1760. The molecule has 0 N–H and O–H groups in total. The van der Waals surface area contributed by atoms with Gasteiger partial charge in [0.15, 0.2) is 11.5 Å². The van der Waals surface area contributed by atoms with Crippen LogP contribution in [0, 0.1) is 6.92 Å². The van der Waals surface area contributed by atoms with Crippen LogP contribution in [0.2, 0.25) is 0 Å². The first-order valence-electron chi connectivity index (χ1n) is 14.2. The molecule has 0 amide bonds. The van der Waals surface area contributed by atoms with E-state index in [1.165, 1.54) is 7.11 Å². The van der Waals surface area contributed by atoms with Crippen LogP contribution in [0.4, 0.5) is 0 Å². The summed E-state index contributed by atoms with van der Waals surface area (Å²) in [5.74, 6) is 1.96. The van der Waals surface area contributed by atoms with Crippen molar-refractivity contribution in [1.29, 1.82) is 0 Å². The van der Waals surface area contributed by atoms with Crippen molar-refractivity contribution in [3.05, 3.63) is 107 Å². The number of aromatic nitrogens is 2. The Morgan fingerprint density at radius 3 is 2.07 bits per heavy atom. The van der Waals surface area contributed by atoms with Crippen LogP contribution in [0.1, 0.15) is 34.0 Å². The molecule has 2 heterocycles. The molecule has 4 aromatic carbocycles. The Morgan fingerprint density at radius 2 is 1.51 bits per heavy atom. The molecule has 0 bridgehead atoms. The predicted octanol–water partition coefficient (Wildman–Crippen LogP) is 6.71. The number of fused-ring (bicyclic) bond motifs is 1. The molecule has 220 valence electrons. The number of carbonyl (C=O) groups is 1. The van der Waals surface area contributed by atoms with E-state index in [0.717, 1.165) is 39.1 Å². The number of esters is 1. The first kappa shape index (κ1) is 28.3. The Labute approximate surface area is 250 Å². The standard InChI is InChI=1S/C35H34N2O6/c1-23-27(33-36-28-16-15-26(34(38)40-4)17-29(28)37(33)35(2)21-41-22-35)18-30(39-3)32(43-20-25-13-9-6-10-14-25)31(23)42-19-24-11-7-5-8-12-24/h5-18H,19-22H2,1-4H3. The van der Waals surface area contributed by atoms with Crippen molar-refractivity contribution in [3.63, 3.8) is 0 Å². The summed E-state index contributed by atoms with van der Waals surface area (Å²) >= 11 is 0. The molecule has 8 nitrogen and oxygen atoms in total. The first-order valence-corrected chi connectivity index (χ1v) is 14.2. The van der Waals surface area contributed by atoms with Crippen molar-refractivity contribution in [2.24, 2.45) is 0 Å². The normalized spacial score (nSPS) is 13.8. The minimum absolute atomic E-state index is 0.348. The van der Waals surface area contributed by atoms with Gasteiger partial charge in [-0.2, -0.15) is 0 Å². The number of ether oxygens (including phenoxy) is 5. The molecule has 8 heteroatoms. The topological polar surface area (TPSA) is 81.0 Å². The molecule has 5 aromatic rings. The third-order valence-electron chi connectivity index (χ3n) is 7.80. The zero-order chi connectivity index (χ0) is 30.0. The molecule has 43 heavy (non-hydrogen) atoms. The van der Waals surface area contributed by atoms with E-state index in [-0.39, 0.29) is 5.54 Å². The molecule has 1 aliphatic heterocycles. The second-order valence-corrected chi connectivity index (χ2v) is 10.9. The maximum Gasteiger partial charge on any atom is 0.337 e. The number of nitrogens with zero attached hydrogens (tertiary/aromatic N) is 2. The Kier molecular flexibility index (Phi) is 7.78. The molecule has 0 saturated carbocycles. The van der Waals surface area contributed by atoms with Crippen molar-refractivity contribution in [3.8, 4) is 28.6 Å². The van der Waals surface area contributed by atoms with E-state index in [9.17, 15) is 4.79 Å². The fourth-order valence-electron chi connectivity index (χ4n) is 5.44. The zero-order valence-corrected chi connectivity index (χ0v) is 24.8. The summed E-state index contributed by atoms with van der Waals surface area (Å²) in [4.78, 5) is 17.5. The lowest BCUT2D eigenvalue weighted by Gasteiger charge is -2.41. The lowest BCUT2D eigenvalue weighted by molar-refractivity contribution is -0.0868. The summed E-state index contributed by atoms with van der Waals surface area (Å²) in [6, 6.07) is 27.4. The van der Waals surface area contributed by atoms with Gasteiger partial charge in [-0.3, -0.25) is 0 Å². The maximum atomic E-state index is 12.4. The highest BCUT2D eigenvalue weighted by Gasteiger charge is 2.39. The Morgan fingerprint density at radius 1 is 0.884 bits per heavy atom. The highest BCUT2D eigenvalue weighted by Crippen LogP contribution is 2.47. The second kappa shape index (κ2) is 11.8. The van der Waals surface area contributed by atoms with Crippen molar-refractivity contribution in [2.45, 2.75) is 32.6 Å². The van der Waals surface area contributed by atoms with Crippen molar-refractivity contribution in [1.82, 2.24) is 9.55 Å². The molecule has 1 aromatic heterocycles. The third kappa shape index (κ3) is 5.42. The lowest BCUT2D eigenvalue weighted by Crippen LogP contribution is -2.49. The van der Waals surface area contributed by atoms with Crippen LogP contribution in [0.3, 0.4) is 0 Å². The van der Waals surface area contributed by atoms with Gasteiger partial charge in [-0.15, -0.1) is 0 Å². The zero-order valence-electron chi connectivity index (χ0n) is 24.8. The van der Waals surface area contributed by atoms with Crippen LogP contribution >= 0.6 is 0 Å². The molecule has 1 aliphatic rings. The van der Waals surface area contributed by atoms with Gasteiger partial charge in [0.1, 0.15) is 19.0 Å². The first-order chi connectivity index (χ1) is 20.9. The summed E-state index contributed by atoms with van der Waals surface area (Å²) in [5.41, 5.74) is 5.40. The second-order valence-electron chi connectivity index (χ2n) is 10.9. The summed E-state index contributed by atoms with van der Waals surface area (Å²) in [6.07, 6.45) is 0. The van der Waals surface area contributed by atoms with E-state index in [2.05, 4.69) is 11.5 Å². The van der Waals surface area contributed by atoms with Gasteiger partial charge >= 0.3 is 5.97 Å². The SMILES string of the molecule is COC(=O)c1ccc2nc(-c3cc(OC)c(OCc4ccccc4)c(OCc4ccccc4)c3C)n(C3(C)COC3)c2c1. The summed E-state index contributed by atoms with van der Waals surface area (Å²) in [7, 11) is 3.00.